The van der Waals surface area contributed by atoms with E-state index in [9.17, 15) is 9.59 Å². The highest BCUT2D eigenvalue weighted by Gasteiger charge is 2.37. The van der Waals surface area contributed by atoms with E-state index in [0.717, 1.165) is 19.4 Å². The molecule has 2 heterocycles. The maximum Gasteiger partial charge on any atom is 0.227 e. The van der Waals surface area contributed by atoms with Crippen molar-refractivity contribution in [3.63, 3.8) is 0 Å². The van der Waals surface area contributed by atoms with Gasteiger partial charge in [-0.25, -0.2) is 0 Å². The minimum Gasteiger partial charge on any atom is -0.493 e. The molecular weight excluding hydrogens is 398 g/mol. The lowest BCUT2D eigenvalue weighted by molar-refractivity contribution is -0.127. The van der Waals surface area contributed by atoms with Gasteiger partial charge in [0.2, 0.25) is 17.6 Å². The molecule has 0 saturated carbocycles. The lowest BCUT2D eigenvalue weighted by atomic mass is 9.99. The van der Waals surface area contributed by atoms with Crippen LogP contribution in [0.2, 0.25) is 0 Å². The van der Waals surface area contributed by atoms with Crippen LogP contribution >= 0.6 is 12.4 Å². The first-order valence-corrected chi connectivity index (χ1v) is 9.61. The first-order valence-electron chi connectivity index (χ1n) is 9.61. The summed E-state index contributed by atoms with van der Waals surface area (Å²) in [6, 6.07) is 4.01. The van der Waals surface area contributed by atoms with Gasteiger partial charge in [0.25, 0.3) is 0 Å². The van der Waals surface area contributed by atoms with Crippen molar-refractivity contribution in [1.29, 1.82) is 0 Å². The molecule has 3 unspecified atom stereocenters. The highest BCUT2D eigenvalue weighted by molar-refractivity contribution is 6.00. The average Bonchev–Trinajstić information content (AvgIpc) is 3.08. The van der Waals surface area contributed by atoms with Gasteiger partial charge in [-0.05, 0) is 26.3 Å². The van der Waals surface area contributed by atoms with E-state index in [1.54, 1.807) is 17.0 Å². The van der Waals surface area contributed by atoms with E-state index in [4.69, 9.17) is 14.2 Å². The summed E-state index contributed by atoms with van der Waals surface area (Å²) >= 11 is 0. The summed E-state index contributed by atoms with van der Waals surface area (Å²) in [6.07, 6.45) is 2.01. The van der Waals surface area contributed by atoms with Crippen LogP contribution in [0, 0.1) is 5.92 Å². The maximum atomic E-state index is 12.7. The van der Waals surface area contributed by atoms with Crippen LogP contribution in [0.25, 0.3) is 0 Å². The Balaban J connectivity index is 0.00000300. The van der Waals surface area contributed by atoms with Gasteiger partial charge in [0.15, 0.2) is 11.5 Å². The molecule has 2 N–H and O–H groups in total. The van der Waals surface area contributed by atoms with E-state index < -0.39 is 0 Å². The zero-order chi connectivity index (χ0) is 20.3. The third-order valence-corrected chi connectivity index (χ3v) is 5.43. The second-order valence-corrected chi connectivity index (χ2v) is 7.37. The van der Waals surface area contributed by atoms with Gasteiger partial charge in [0.05, 0.1) is 32.9 Å². The Labute approximate surface area is 177 Å². The number of hydrogen-bond acceptors (Lipinski definition) is 6. The number of rotatable bonds is 6. The highest BCUT2D eigenvalue weighted by Crippen LogP contribution is 2.42. The second-order valence-electron chi connectivity index (χ2n) is 7.37. The van der Waals surface area contributed by atoms with Crippen molar-refractivity contribution >= 4 is 29.9 Å². The van der Waals surface area contributed by atoms with Crippen molar-refractivity contribution in [2.24, 2.45) is 5.92 Å². The van der Waals surface area contributed by atoms with Crippen LogP contribution in [-0.2, 0) is 9.59 Å². The number of nitrogens with zero attached hydrogens (tertiary/aromatic N) is 1. The van der Waals surface area contributed by atoms with Crippen LogP contribution in [0.4, 0.5) is 5.69 Å². The zero-order valence-corrected chi connectivity index (χ0v) is 18.1. The third-order valence-electron chi connectivity index (χ3n) is 5.43. The summed E-state index contributed by atoms with van der Waals surface area (Å²) in [5.74, 6) is 0.907. The largest absolute Gasteiger partial charge is 0.493 e. The molecule has 29 heavy (non-hydrogen) atoms. The van der Waals surface area contributed by atoms with Crippen LogP contribution in [0.1, 0.15) is 26.2 Å². The minimum atomic E-state index is -0.364. The summed E-state index contributed by atoms with van der Waals surface area (Å²) in [4.78, 5) is 26.9. The summed E-state index contributed by atoms with van der Waals surface area (Å²) in [6.45, 7) is 3.35. The Morgan fingerprint density at radius 2 is 1.83 bits per heavy atom. The molecule has 0 bridgehead atoms. The Bertz CT molecular complexity index is 720. The van der Waals surface area contributed by atoms with E-state index in [2.05, 4.69) is 17.6 Å². The number of ether oxygens (including phenoxy) is 3. The van der Waals surface area contributed by atoms with Crippen LogP contribution in [0.3, 0.4) is 0 Å². The molecule has 1 aromatic carbocycles. The van der Waals surface area contributed by atoms with Gasteiger partial charge in [-0.15, -0.1) is 12.4 Å². The summed E-state index contributed by atoms with van der Waals surface area (Å²) in [5.41, 5.74) is 0.630. The molecular formula is C20H30ClN3O5. The molecule has 1 aromatic rings. The van der Waals surface area contributed by atoms with Gasteiger partial charge in [0, 0.05) is 37.2 Å². The molecule has 3 atom stereocenters. The third kappa shape index (κ3) is 5.05. The van der Waals surface area contributed by atoms with Crippen molar-refractivity contribution in [1.82, 2.24) is 10.6 Å². The van der Waals surface area contributed by atoms with E-state index in [1.165, 1.54) is 21.3 Å². The van der Waals surface area contributed by atoms with Crippen molar-refractivity contribution in [2.45, 2.75) is 38.3 Å². The molecule has 9 heteroatoms. The van der Waals surface area contributed by atoms with Crippen molar-refractivity contribution in [3.8, 4) is 17.2 Å². The fraction of sp³-hybridized carbons (Fsp3) is 0.600. The van der Waals surface area contributed by atoms with Gasteiger partial charge in [-0.3, -0.25) is 9.59 Å². The molecule has 0 aliphatic carbocycles. The van der Waals surface area contributed by atoms with E-state index in [1.807, 2.05) is 0 Å². The standard InChI is InChI=1S/C20H29N3O5.ClH/c1-12-7-14(5-6-21-12)22-20(25)13-8-18(24)23(11-13)15-9-16(26-2)19(28-4)17(10-15)27-3;/h9-10,12-14,21H,5-8,11H2,1-4H3,(H,22,25);1H. The van der Waals surface area contributed by atoms with Crippen LogP contribution in [0.15, 0.2) is 12.1 Å². The molecule has 2 aliphatic heterocycles. The fourth-order valence-electron chi connectivity index (χ4n) is 3.94. The van der Waals surface area contributed by atoms with E-state index in [0.29, 0.717) is 35.5 Å². The molecule has 162 valence electrons. The SMILES string of the molecule is COc1cc(N2CC(C(=O)NC3CCNC(C)C3)CC2=O)cc(OC)c1OC.Cl. The van der Waals surface area contributed by atoms with Crippen LogP contribution < -0.4 is 29.7 Å². The molecule has 8 nitrogen and oxygen atoms in total. The topological polar surface area (TPSA) is 89.1 Å². The number of benzene rings is 1. The monoisotopic (exact) mass is 427 g/mol. The van der Waals surface area contributed by atoms with Crippen molar-refractivity contribution < 1.29 is 23.8 Å². The number of amides is 2. The zero-order valence-electron chi connectivity index (χ0n) is 17.3. The lowest BCUT2D eigenvalue weighted by Crippen LogP contribution is -2.48. The summed E-state index contributed by atoms with van der Waals surface area (Å²) in [7, 11) is 4.59. The Morgan fingerprint density at radius 1 is 1.17 bits per heavy atom. The number of halogens is 1. The molecule has 0 spiro atoms. The number of methoxy groups -OCH3 is 3. The van der Waals surface area contributed by atoms with Gasteiger partial charge in [-0.2, -0.15) is 0 Å². The van der Waals surface area contributed by atoms with Gasteiger partial charge >= 0.3 is 0 Å². The number of carbonyl (C=O) groups excluding carboxylic acids is 2. The molecule has 2 aliphatic rings. The predicted octanol–water partition coefficient (Wildman–Crippen LogP) is 1.74. The number of carbonyl (C=O) groups is 2. The molecule has 0 radical (unpaired) electrons. The normalized spacial score (nSPS) is 23.9. The molecule has 3 rings (SSSR count). The number of piperidine rings is 1. The lowest BCUT2D eigenvalue weighted by Gasteiger charge is -2.29. The first-order chi connectivity index (χ1) is 13.5. The molecule has 2 amide bonds. The Kier molecular flexibility index (Phi) is 7.98. The predicted molar refractivity (Wildman–Crippen MR) is 112 cm³/mol. The fourth-order valence-corrected chi connectivity index (χ4v) is 3.94. The number of hydrogen-bond donors (Lipinski definition) is 2. The van der Waals surface area contributed by atoms with Crippen molar-refractivity contribution in [2.75, 3.05) is 39.3 Å². The van der Waals surface area contributed by atoms with E-state index >= 15 is 0 Å². The van der Waals surface area contributed by atoms with E-state index in [-0.39, 0.29) is 42.6 Å². The quantitative estimate of drug-likeness (QED) is 0.719. The summed E-state index contributed by atoms with van der Waals surface area (Å²) in [5, 5.41) is 6.49. The summed E-state index contributed by atoms with van der Waals surface area (Å²) < 4.78 is 16.1. The highest BCUT2D eigenvalue weighted by atomic mass is 35.5. The second kappa shape index (κ2) is 10.0. The van der Waals surface area contributed by atoms with Gasteiger partial charge < -0.3 is 29.7 Å². The minimum absolute atomic E-state index is 0. The number of anilines is 1. The molecule has 0 aromatic heterocycles. The molecule has 2 fully saturated rings. The van der Waals surface area contributed by atoms with Gasteiger partial charge in [0.1, 0.15) is 0 Å². The average molecular weight is 428 g/mol. The first kappa shape index (κ1) is 23.1. The smallest absolute Gasteiger partial charge is 0.227 e. The van der Waals surface area contributed by atoms with Crippen LogP contribution in [0.5, 0.6) is 17.2 Å². The Morgan fingerprint density at radius 3 is 2.38 bits per heavy atom. The Hall–Kier alpha value is -2.19. The van der Waals surface area contributed by atoms with Crippen LogP contribution in [-0.4, -0.2) is 58.3 Å². The molecule has 2 saturated heterocycles. The maximum absolute atomic E-state index is 12.7. The van der Waals surface area contributed by atoms with Crippen molar-refractivity contribution in [3.05, 3.63) is 12.1 Å². The number of nitrogens with one attached hydrogen (secondary N) is 2. The van der Waals surface area contributed by atoms with Gasteiger partial charge in [-0.1, -0.05) is 0 Å².